The molecule has 6 heteroatoms. The summed E-state index contributed by atoms with van der Waals surface area (Å²) in [7, 11) is 0. The summed E-state index contributed by atoms with van der Waals surface area (Å²) < 4.78 is 0. The van der Waals surface area contributed by atoms with Gasteiger partial charge in [-0.1, -0.05) is 41.5 Å². The zero-order chi connectivity index (χ0) is 19.0. The van der Waals surface area contributed by atoms with Crippen molar-refractivity contribution in [1.82, 2.24) is 0 Å². The van der Waals surface area contributed by atoms with E-state index in [0.29, 0.717) is 0 Å². The summed E-state index contributed by atoms with van der Waals surface area (Å²) in [5.74, 6) is -3.77. The molecule has 0 radical (unpaired) electrons. The predicted molar refractivity (Wildman–Crippen MR) is 91.1 cm³/mol. The van der Waals surface area contributed by atoms with Crippen LogP contribution in [0.2, 0.25) is 0 Å². The molecule has 130 valence electrons. The monoisotopic (exact) mass is 326 g/mol. The van der Waals surface area contributed by atoms with Crippen molar-refractivity contribution >= 4 is 24.0 Å². The molecule has 0 saturated heterocycles. The van der Waals surface area contributed by atoms with Crippen molar-refractivity contribution in [1.29, 1.82) is 0 Å². The fourth-order valence-electron chi connectivity index (χ4n) is 1.16. The van der Waals surface area contributed by atoms with Crippen LogP contribution in [0, 0.1) is 0 Å². The molecule has 1 aromatic rings. The van der Waals surface area contributed by atoms with Crippen LogP contribution in [-0.2, 0) is 4.79 Å². The molecule has 6 nitrogen and oxygen atoms in total. The van der Waals surface area contributed by atoms with Gasteiger partial charge in [-0.2, -0.15) is 0 Å². The molecule has 0 bridgehead atoms. The van der Waals surface area contributed by atoms with Crippen molar-refractivity contribution in [3.05, 3.63) is 41.0 Å². The lowest BCUT2D eigenvalue weighted by Gasteiger charge is -2.01. The summed E-state index contributed by atoms with van der Waals surface area (Å²) in [6.45, 7) is 12.0. The summed E-state index contributed by atoms with van der Waals surface area (Å²) in [4.78, 5) is 31.8. The molecule has 1 aromatic carbocycles. The van der Waals surface area contributed by atoms with E-state index in [2.05, 4.69) is 0 Å². The number of aliphatic carboxylic acids is 1. The number of carbonyl (C=O) groups is 3. The molecule has 0 unspecified atom stereocenters. The third-order valence-corrected chi connectivity index (χ3v) is 1.87. The Morgan fingerprint density at radius 3 is 1.35 bits per heavy atom. The molecule has 0 spiro atoms. The van der Waals surface area contributed by atoms with Crippen LogP contribution in [0.5, 0.6) is 0 Å². The van der Waals surface area contributed by atoms with Crippen molar-refractivity contribution in [2.75, 3.05) is 0 Å². The molecule has 0 amide bonds. The lowest BCUT2D eigenvalue weighted by molar-refractivity contribution is -0.131. The van der Waals surface area contributed by atoms with Crippen LogP contribution in [0.4, 0.5) is 0 Å². The number of aromatic carboxylic acids is 2. The van der Waals surface area contributed by atoms with E-state index >= 15 is 0 Å². The van der Waals surface area contributed by atoms with Crippen LogP contribution in [-0.4, -0.2) is 33.2 Å². The molecule has 0 aromatic heterocycles. The Morgan fingerprint density at radius 1 is 0.739 bits per heavy atom. The van der Waals surface area contributed by atoms with Gasteiger partial charge in [0.2, 0.25) is 0 Å². The molecule has 1 rings (SSSR count). The van der Waals surface area contributed by atoms with E-state index in [0.717, 1.165) is 18.2 Å². The Bertz CT molecular complexity index is 486. The van der Waals surface area contributed by atoms with Gasteiger partial charge in [0, 0.05) is 6.08 Å². The van der Waals surface area contributed by atoms with Gasteiger partial charge >= 0.3 is 17.9 Å². The summed E-state index contributed by atoms with van der Waals surface area (Å²) in [5.41, 5.74) is -0.227. The highest BCUT2D eigenvalue weighted by molar-refractivity contribution is 5.95. The highest BCUT2D eigenvalue weighted by atomic mass is 16.4. The zero-order valence-electron chi connectivity index (χ0n) is 14.5. The summed E-state index contributed by atoms with van der Waals surface area (Å²) in [6.07, 6.45) is 1.92. The SMILES string of the molecule is CC.CC.CC.O=C(O)/C=C/c1cc(C(=O)O)cc(C(=O)O)c1. The molecule has 23 heavy (non-hydrogen) atoms. The maximum absolute atomic E-state index is 10.7. The van der Waals surface area contributed by atoms with Gasteiger partial charge in [-0.15, -0.1) is 0 Å². The fourth-order valence-corrected chi connectivity index (χ4v) is 1.16. The van der Waals surface area contributed by atoms with Gasteiger partial charge in [0.15, 0.2) is 0 Å². The molecule has 0 aliphatic carbocycles. The van der Waals surface area contributed by atoms with E-state index < -0.39 is 17.9 Å². The van der Waals surface area contributed by atoms with E-state index in [1.807, 2.05) is 41.5 Å². The van der Waals surface area contributed by atoms with Crippen LogP contribution in [0.1, 0.15) is 67.8 Å². The normalized spacial score (nSPS) is 8.43. The first-order valence-corrected chi connectivity index (χ1v) is 7.43. The smallest absolute Gasteiger partial charge is 0.335 e. The van der Waals surface area contributed by atoms with Crippen molar-refractivity contribution < 1.29 is 29.7 Å². The zero-order valence-corrected chi connectivity index (χ0v) is 14.5. The third kappa shape index (κ3) is 11.7. The van der Waals surface area contributed by atoms with E-state index in [1.54, 1.807) is 0 Å². The van der Waals surface area contributed by atoms with Crippen LogP contribution in [0.25, 0.3) is 6.08 Å². The van der Waals surface area contributed by atoms with Crippen LogP contribution in [0.3, 0.4) is 0 Å². The summed E-state index contributed by atoms with van der Waals surface area (Å²) >= 11 is 0. The summed E-state index contributed by atoms with van der Waals surface area (Å²) in [6, 6.07) is 3.38. The minimum absolute atomic E-state index is 0.199. The van der Waals surface area contributed by atoms with Gasteiger partial charge < -0.3 is 15.3 Å². The highest BCUT2D eigenvalue weighted by Crippen LogP contribution is 2.12. The number of carboxylic acids is 3. The van der Waals surface area contributed by atoms with E-state index in [1.165, 1.54) is 12.1 Å². The Morgan fingerprint density at radius 2 is 1.09 bits per heavy atom. The Kier molecular flexibility index (Phi) is 17.3. The second-order valence-electron chi connectivity index (χ2n) is 3.13. The van der Waals surface area contributed by atoms with Crippen molar-refractivity contribution in [2.45, 2.75) is 41.5 Å². The van der Waals surface area contributed by atoms with Gasteiger partial charge in [0.1, 0.15) is 0 Å². The minimum Gasteiger partial charge on any atom is -0.478 e. The first-order chi connectivity index (χ1) is 10.9. The Hall–Kier alpha value is -2.63. The predicted octanol–water partition coefficient (Wildman–Crippen LogP) is 4.26. The summed E-state index contributed by atoms with van der Waals surface area (Å²) in [5, 5.41) is 25.9. The molecular weight excluding hydrogens is 300 g/mol. The van der Waals surface area contributed by atoms with Gasteiger partial charge in [0.25, 0.3) is 0 Å². The number of hydrogen-bond donors (Lipinski definition) is 3. The molecule has 0 saturated carbocycles. The molecule has 3 N–H and O–H groups in total. The standard InChI is InChI=1S/C11H8O6.3C2H6/c12-9(13)2-1-6-3-7(10(14)15)5-8(4-6)11(16)17;3*1-2/h1-5H,(H,12,13)(H,14,15)(H,16,17);3*1-2H3/b2-1+;;;. The molecule has 0 fully saturated rings. The van der Waals surface area contributed by atoms with Gasteiger partial charge in [0.05, 0.1) is 11.1 Å². The second-order valence-corrected chi connectivity index (χ2v) is 3.13. The molecule has 0 atom stereocenters. The average Bonchev–Trinajstić information content (AvgIpc) is 2.58. The molecule has 0 aliphatic rings. The van der Waals surface area contributed by atoms with Crippen molar-refractivity contribution in [2.24, 2.45) is 0 Å². The van der Waals surface area contributed by atoms with E-state index in [9.17, 15) is 14.4 Å². The van der Waals surface area contributed by atoms with Crippen LogP contribution >= 0.6 is 0 Å². The second kappa shape index (κ2) is 15.8. The van der Waals surface area contributed by atoms with Gasteiger partial charge in [-0.25, -0.2) is 14.4 Å². The largest absolute Gasteiger partial charge is 0.478 e. The molecule has 0 aliphatic heterocycles. The lowest BCUT2D eigenvalue weighted by Crippen LogP contribution is -2.03. The maximum atomic E-state index is 10.7. The lowest BCUT2D eigenvalue weighted by atomic mass is 10.1. The van der Waals surface area contributed by atoms with E-state index in [4.69, 9.17) is 15.3 Å². The topological polar surface area (TPSA) is 112 Å². The van der Waals surface area contributed by atoms with Gasteiger partial charge in [-0.3, -0.25) is 0 Å². The highest BCUT2D eigenvalue weighted by Gasteiger charge is 2.10. The number of rotatable bonds is 4. The Balaban J connectivity index is -0.000000595. The number of carboxylic acid groups (broad SMARTS) is 3. The average molecular weight is 326 g/mol. The van der Waals surface area contributed by atoms with Crippen molar-refractivity contribution in [3.8, 4) is 0 Å². The third-order valence-electron chi connectivity index (χ3n) is 1.87. The van der Waals surface area contributed by atoms with Gasteiger partial charge in [-0.05, 0) is 29.8 Å². The first kappa shape index (κ1) is 25.3. The molecule has 0 heterocycles. The number of benzene rings is 1. The maximum Gasteiger partial charge on any atom is 0.335 e. The molecular formula is C17H26O6. The van der Waals surface area contributed by atoms with Crippen molar-refractivity contribution in [3.63, 3.8) is 0 Å². The van der Waals surface area contributed by atoms with Crippen LogP contribution in [0.15, 0.2) is 24.3 Å². The quantitative estimate of drug-likeness (QED) is 0.713. The minimum atomic E-state index is -1.28. The van der Waals surface area contributed by atoms with E-state index in [-0.39, 0.29) is 16.7 Å². The number of hydrogen-bond acceptors (Lipinski definition) is 3. The van der Waals surface area contributed by atoms with Crippen LogP contribution < -0.4 is 0 Å². The Labute approximate surface area is 137 Å². The first-order valence-electron chi connectivity index (χ1n) is 7.43. The fraction of sp³-hybridized carbons (Fsp3) is 0.353.